The number of hydrogen-bond donors (Lipinski definition) is 1. The van der Waals surface area contributed by atoms with Crippen molar-refractivity contribution in [3.63, 3.8) is 0 Å². The maximum Gasteiger partial charge on any atom is 0.269 e. The number of benzene rings is 1. The Balaban J connectivity index is 2.10. The molecule has 100 valence electrons. The van der Waals surface area contributed by atoms with Crippen LogP contribution in [0.25, 0.3) is 0 Å². The fourth-order valence-electron chi connectivity index (χ4n) is 2.60. The molecule has 2 unspecified atom stereocenters. The molecular formula is C12H13N3O3S. The molecule has 0 saturated carbocycles. The Labute approximate surface area is 114 Å². The summed E-state index contributed by atoms with van der Waals surface area (Å²) in [7, 11) is 0. The zero-order valence-corrected chi connectivity index (χ0v) is 10.9. The average Bonchev–Trinajstić information content (AvgIpc) is 2.83. The van der Waals surface area contributed by atoms with Crippen molar-refractivity contribution in [1.82, 2.24) is 0 Å². The third-order valence-corrected chi connectivity index (χ3v) is 4.48. The molecule has 1 saturated heterocycles. The summed E-state index contributed by atoms with van der Waals surface area (Å²) in [6.07, 6.45) is 0.895. The molecule has 0 aromatic heterocycles. The molecule has 0 bridgehead atoms. The minimum atomic E-state index is -0.832. The summed E-state index contributed by atoms with van der Waals surface area (Å²) in [5, 5.41) is 11.4. The van der Waals surface area contributed by atoms with Gasteiger partial charge in [-0.15, -0.1) is 0 Å². The maximum absolute atomic E-state index is 10.9. The molecule has 7 heteroatoms. The van der Waals surface area contributed by atoms with Crippen LogP contribution < -0.4 is 5.73 Å². The Morgan fingerprint density at radius 2 is 2.42 bits per heavy atom. The Bertz CT molecular complexity index is 563. The van der Waals surface area contributed by atoms with Crippen LogP contribution in [0.4, 0.5) is 5.69 Å². The van der Waals surface area contributed by atoms with E-state index in [0.29, 0.717) is 17.3 Å². The van der Waals surface area contributed by atoms with Crippen molar-refractivity contribution in [2.24, 2.45) is 16.6 Å². The highest BCUT2D eigenvalue weighted by Gasteiger charge is 2.48. The van der Waals surface area contributed by atoms with Crippen LogP contribution in [0.2, 0.25) is 0 Å². The number of nitrogens with zero attached hydrogens (tertiary/aromatic N) is 2. The average molecular weight is 279 g/mol. The van der Waals surface area contributed by atoms with E-state index in [-0.39, 0.29) is 11.6 Å². The van der Waals surface area contributed by atoms with Crippen LogP contribution in [0.5, 0.6) is 0 Å². The predicted molar refractivity (Wildman–Crippen MR) is 72.9 cm³/mol. The summed E-state index contributed by atoms with van der Waals surface area (Å²) < 4.78 is 5.83. The van der Waals surface area contributed by atoms with Gasteiger partial charge in [0.05, 0.1) is 11.5 Å². The van der Waals surface area contributed by atoms with Crippen LogP contribution in [-0.4, -0.2) is 22.5 Å². The summed E-state index contributed by atoms with van der Waals surface area (Å²) in [6.45, 7) is 0.602. The van der Waals surface area contributed by atoms with Crippen LogP contribution in [0, 0.1) is 16.0 Å². The van der Waals surface area contributed by atoms with E-state index in [0.717, 1.165) is 12.2 Å². The molecule has 2 aliphatic heterocycles. The molecule has 0 spiro atoms. The van der Waals surface area contributed by atoms with Gasteiger partial charge in [0.25, 0.3) is 5.69 Å². The van der Waals surface area contributed by atoms with Gasteiger partial charge in [-0.3, -0.25) is 10.1 Å². The molecule has 3 rings (SSSR count). The minimum Gasteiger partial charge on any atom is -0.378 e. The van der Waals surface area contributed by atoms with Crippen LogP contribution in [-0.2, 0) is 10.5 Å². The van der Waals surface area contributed by atoms with E-state index in [1.54, 1.807) is 6.07 Å². The predicted octanol–water partition coefficient (Wildman–Crippen LogP) is 1.85. The molecule has 0 radical (unpaired) electrons. The second-order valence-corrected chi connectivity index (χ2v) is 5.64. The highest BCUT2D eigenvalue weighted by molar-refractivity contribution is 8.13. The Hall–Kier alpha value is -1.60. The lowest BCUT2D eigenvalue weighted by atomic mass is 9.90. The zero-order chi connectivity index (χ0) is 13.5. The van der Waals surface area contributed by atoms with E-state index in [1.807, 2.05) is 6.07 Å². The van der Waals surface area contributed by atoms with Gasteiger partial charge in [-0.25, -0.2) is 4.99 Å². The molecule has 2 aliphatic rings. The van der Waals surface area contributed by atoms with Crippen molar-refractivity contribution in [1.29, 1.82) is 0 Å². The Morgan fingerprint density at radius 1 is 1.58 bits per heavy atom. The number of aliphatic imine (C=N–C) groups is 1. The van der Waals surface area contributed by atoms with Gasteiger partial charge in [0.2, 0.25) is 0 Å². The standard InChI is InChI=1S/C12H13N3O3S/c13-11-14-12(9(7-19-11)4-5-18-12)8-2-1-3-10(6-8)15(16)17/h1-3,6,9H,4-5,7H2,(H2,13,14). The number of nitro benzene ring substituents is 1. The van der Waals surface area contributed by atoms with E-state index in [4.69, 9.17) is 10.5 Å². The summed E-state index contributed by atoms with van der Waals surface area (Å²) in [5.74, 6) is 1.05. The lowest BCUT2D eigenvalue weighted by Crippen LogP contribution is -2.37. The van der Waals surface area contributed by atoms with Crippen LogP contribution in [0.15, 0.2) is 29.3 Å². The first-order chi connectivity index (χ1) is 9.12. The highest BCUT2D eigenvalue weighted by Crippen LogP contribution is 2.47. The molecule has 0 aliphatic carbocycles. The number of amidine groups is 1. The smallest absolute Gasteiger partial charge is 0.269 e. The largest absolute Gasteiger partial charge is 0.378 e. The summed E-state index contributed by atoms with van der Waals surface area (Å²) in [5.41, 5.74) is 5.74. The third-order valence-electron chi connectivity index (χ3n) is 3.52. The first-order valence-corrected chi connectivity index (χ1v) is 6.97. The molecule has 0 amide bonds. The number of thioether (sulfide) groups is 1. The third kappa shape index (κ3) is 1.98. The van der Waals surface area contributed by atoms with E-state index in [1.165, 1.54) is 23.9 Å². The van der Waals surface area contributed by atoms with Gasteiger partial charge >= 0.3 is 0 Å². The highest BCUT2D eigenvalue weighted by atomic mass is 32.2. The first kappa shape index (κ1) is 12.4. The summed E-state index contributed by atoms with van der Waals surface area (Å²) in [4.78, 5) is 14.9. The number of rotatable bonds is 2. The number of nitrogens with two attached hydrogens (primary N) is 1. The van der Waals surface area contributed by atoms with Crippen molar-refractivity contribution < 1.29 is 9.66 Å². The number of non-ortho nitro benzene ring substituents is 1. The van der Waals surface area contributed by atoms with Crippen molar-refractivity contribution in [3.8, 4) is 0 Å². The SMILES string of the molecule is NC1=NC2(c3cccc([N+](=O)[O-])c3)OCCC2CS1. The Morgan fingerprint density at radius 3 is 3.21 bits per heavy atom. The molecule has 2 atom stereocenters. The van der Waals surface area contributed by atoms with Gasteiger partial charge < -0.3 is 10.5 Å². The molecule has 1 fully saturated rings. The number of ether oxygens (including phenoxy) is 1. The van der Waals surface area contributed by atoms with Gasteiger partial charge in [-0.2, -0.15) is 0 Å². The van der Waals surface area contributed by atoms with E-state index < -0.39 is 10.6 Å². The second-order valence-electron chi connectivity index (χ2n) is 4.60. The quantitative estimate of drug-likeness (QED) is 0.659. The molecule has 19 heavy (non-hydrogen) atoms. The monoisotopic (exact) mass is 279 g/mol. The topological polar surface area (TPSA) is 90.8 Å². The van der Waals surface area contributed by atoms with Crippen molar-refractivity contribution in [2.45, 2.75) is 12.1 Å². The normalized spacial score (nSPS) is 29.7. The van der Waals surface area contributed by atoms with Crippen molar-refractivity contribution in [2.75, 3.05) is 12.4 Å². The van der Waals surface area contributed by atoms with Gasteiger partial charge in [-0.05, 0) is 6.42 Å². The van der Waals surface area contributed by atoms with Gasteiger partial charge in [0.1, 0.15) is 0 Å². The number of nitro groups is 1. The molecule has 6 nitrogen and oxygen atoms in total. The number of hydrogen-bond acceptors (Lipinski definition) is 6. The lowest BCUT2D eigenvalue weighted by Gasteiger charge is -2.34. The van der Waals surface area contributed by atoms with E-state index in [9.17, 15) is 10.1 Å². The van der Waals surface area contributed by atoms with Crippen molar-refractivity contribution >= 4 is 22.6 Å². The van der Waals surface area contributed by atoms with E-state index >= 15 is 0 Å². The Kier molecular flexibility index (Phi) is 2.94. The number of fused-ring (bicyclic) bond motifs is 1. The molecule has 2 heterocycles. The molecular weight excluding hydrogens is 266 g/mol. The molecule has 1 aromatic carbocycles. The van der Waals surface area contributed by atoms with Crippen LogP contribution in [0.3, 0.4) is 0 Å². The molecule has 1 aromatic rings. The fourth-order valence-corrected chi connectivity index (χ4v) is 3.56. The van der Waals surface area contributed by atoms with Crippen LogP contribution >= 0.6 is 11.8 Å². The van der Waals surface area contributed by atoms with Crippen molar-refractivity contribution in [3.05, 3.63) is 39.9 Å². The minimum absolute atomic E-state index is 0.0492. The maximum atomic E-state index is 10.9. The second kappa shape index (κ2) is 4.50. The fraction of sp³-hybridized carbons (Fsp3) is 0.417. The van der Waals surface area contributed by atoms with E-state index in [2.05, 4.69) is 4.99 Å². The van der Waals surface area contributed by atoms with Gasteiger partial charge in [0.15, 0.2) is 10.9 Å². The molecule has 2 N–H and O–H groups in total. The zero-order valence-electron chi connectivity index (χ0n) is 10.1. The van der Waals surface area contributed by atoms with Crippen LogP contribution in [0.1, 0.15) is 12.0 Å². The summed E-state index contributed by atoms with van der Waals surface area (Å²) in [6, 6.07) is 6.48. The van der Waals surface area contributed by atoms with Gasteiger partial charge in [0, 0.05) is 29.4 Å². The van der Waals surface area contributed by atoms with Gasteiger partial charge in [-0.1, -0.05) is 23.9 Å². The lowest BCUT2D eigenvalue weighted by molar-refractivity contribution is -0.385. The first-order valence-electron chi connectivity index (χ1n) is 5.99. The summed E-state index contributed by atoms with van der Waals surface area (Å²) >= 11 is 1.51.